The van der Waals surface area contributed by atoms with E-state index in [-0.39, 0.29) is 16.7 Å². The Morgan fingerprint density at radius 1 is 1.23 bits per heavy atom. The van der Waals surface area contributed by atoms with Gasteiger partial charge in [-0.25, -0.2) is 8.42 Å². The molecule has 2 aliphatic heterocycles. The third-order valence-corrected chi connectivity index (χ3v) is 7.66. The lowest BCUT2D eigenvalue weighted by molar-refractivity contribution is 0.0855. The van der Waals surface area contributed by atoms with Crippen molar-refractivity contribution >= 4 is 33.2 Å². The second-order valence-electron chi connectivity index (χ2n) is 7.73. The van der Waals surface area contributed by atoms with E-state index in [1.165, 1.54) is 15.2 Å². The number of anilines is 1. The molecule has 1 amide bonds. The van der Waals surface area contributed by atoms with Crippen LogP contribution in [0, 0.1) is 0 Å². The van der Waals surface area contributed by atoms with Crippen LogP contribution in [0.5, 0.6) is 0 Å². The molecule has 31 heavy (non-hydrogen) atoms. The molecule has 0 bridgehead atoms. The standard InChI is InChI=1S/C20H26ClN5O4S/c1-24-14-18(19(27)22-13-17-3-2-12-30-17)20(23-24)31(28,29)26-10-8-25(9-11-26)16-6-4-15(21)5-7-16/h4-7,14,17H,2-3,8-13H2,1H3,(H,22,27). The number of sulfonamides is 1. The lowest BCUT2D eigenvalue weighted by atomic mass is 10.2. The molecule has 1 aromatic heterocycles. The summed E-state index contributed by atoms with van der Waals surface area (Å²) in [5.41, 5.74) is 1.05. The summed E-state index contributed by atoms with van der Waals surface area (Å²) in [5, 5.41) is 7.34. The summed E-state index contributed by atoms with van der Waals surface area (Å²) in [6.07, 6.45) is 3.27. The fourth-order valence-corrected chi connectivity index (χ4v) is 5.55. The number of halogens is 1. The molecule has 1 unspecified atom stereocenters. The normalized spacial score (nSPS) is 20.2. The molecule has 11 heteroatoms. The monoisotopic (exact) mass is 467 g/mol. The number of piperazine rings is 1. The van der Waals surface area contributed by atoms with Gasteiger partial charge in [0.2, 0.25) is 5.03 Å². The highest BCUT2D eigenvalue weighted by molar-refractivity contribution is 7.89. The van der Waals surface area contributed by atoms with E-state index in [0.717, 1.165) is 18.5 Å². The first-order chi connectivity index (χ1) is 14.8. The topological polar surface area (TPSA) is 96.8 Å². The Bertz CT molecular complexity index is 1030. The second-order valence-corrected chi connectivity index (χ2v) is 10.0. The number of hydrogen-bond donors (Lipinski definition) is 1. The number of rotatable bonds is 6. The van der Waals surface area contributed by atoms with Crippen molar-refractivity contribution in [1.82, 2.24) is 19.4 Å². The van der Waals surface area contributed by atoms with Crippen LogP contribution >= 0.6 is 11.6 Å². The number of carbonyl (C=O) groups excluding carboxylic acids is 1. The molecule has 168 valence electrons. The number of aryl methyl sites for hydroxylation is 1. The molecule has 2 saturated heterocycles. The summed E-state index contributed by atoms with van der Waals surface area (Å²) < 4.78 is 34.8. The number of ether oxygens (including phenoxy) is 1. The van der Waals surface area contributed by atoms with Gasteiger partial charge in [0.25, 0.3) is 15.9 Å². The zero-order valence-corrected chi connectivity index (χ0v) is 18.9. The number of nitrogens with zero attached hydrogens (tertiary/aromatic N) is 4. The van der Waals surface area contributed by atoms with Crippen LogP contribution in [0.15, 0.2) is 35.5 Å². The molecule has 0 saturated carbocycles. The number of aromatic nitrogens is 2. The first kappa shape index (κ1) is 22.1. The first-order valence-corrected chi connectivity index (χ1v) is 12.1. The highest BCUT2D eigenvalue weighted by Gasteiger charge is 2.34. The average molecular weight is 468 g/mol. The molecule has 9 nitrogen and oxygen atoms in total. The van der Waals surface area contributed by atoms with Crippen LogP contribution < -0.4 is 10.2 Å². The fourth-order valence-electron chi connectivity index (χ4n) is 3.88. The van der Waals surface area contributed by atoms with Gasteiger partial charge in [-0.05, 0) is 37.1 Å². The second kappa shape index (κ2) is 9.15. The molecule has 0 radical (unpaired) electrons. The van der Waals surface area contributed by atoms with Gasteiger partial charge in [-0.1, -0.05) is 11.6 Å². The Morgan fingerprint density at radius 2 is 1.94 bits per heavy atom. The van der Waals surface area contributed by atoms with E-state index in [2.05, 4.69) is 15.3 Å². The molecule has 3 heterocycles. The van der Waals surface area contributed by atoms with Crippen LogP contribution in [-0.4, -0.2) is 73.8 Å². The molecular weight excluding hydrogens is 442 g/mol. The van der Waals surface area contributed by atoms with Crippen LogP contribution in [-0.2, 0) is 21.8 Å². The Hall–Kier alpha value is -2.14. The van der Waals surface area contributed by atoms with E-state index in [0.29, 0.717) is 44.4 Å². The Kier molecular flexibility index (Phi) is 6.52. The van der Waals surface area contributed by atoms with Gasteiger partial charge in [0.05, 0.1) is 11.7 Å². The van der Waals surface area contributed by atoms with Gasteiger partial charge < -0.3 is 15.0 Å². The van der Waals surface area contributed by atoms with E-state index in [4.69, 9.17) is 16.3 Å². The number of carbonyl (C=O) groups is 1. The van der Waals surface area contributed by atoms with Crippen molar-refractivity contribution < 1.29 is 17.9 Å². The minimum absolute atomic E-state index is 0.0263. The van der Waals surface area contributed by atoms with Crippen molar-refractivity contribution in [2.75, 3.05) is 44.2 Å². The molecule has 1 aromatic carbocycles. The molecule has 1 atom stereocenters. The van der Waals surface area contributed by atoms with E-state index < -0.39 is 15.9 Å². The number of hydrogen-bond acceptors (Lipinski definition) is 6. The summed E-state index contributed by atoms with van der Waals surface area (Å²) in [4.78, 5) is 14.8. The summed E-state index contributed by atoms with van der Waals surface area (Å²) in [7, 11) is -2.30. The number of nitrogens with one attached hydrogen (secondary N) is 1. The maximum Gasteiger partial charge on any atom is 0.263 e. The quantitative estimate of drug-likeness (QED) is 0.691. The van der Waals surface area contributed by atoms with Crippen molar-refractivity contribution in [2.45, 2.75) is 24.0 Å². The zero-order chi connectivity index (χ0) is 22.0. The van der Waals surface area contributed by atoms with Crippen LogP contribution in [0.4, 0.5) is 5.69 Å². The van der Waals surface area contributed by atoms with Gasteiger partial charge >= 0.3 is 0 Å². The predicted molar refractivity (Wildman–Crippen MR) is 117 cm³/mol. The SMILES string of the molecule is Cn1cc(C(=O)NCC2CCCO2)c(S(=O)(=O)N2CCN(c3ccc(Cl)cc3)CC2)n1. The molecule has 2 fully saturated rings. The van der Waals surface area contributed by atoms with Gasteiger partial charge in [-0.2, -0.15) is 9.40 Å². The van der Waals surface area contributed by atoms with Gasteiger partial charge in [0, 0.05) is 63.3 Å². The lowest BCUT2D eigenvalue weighted by Gasteiger charge is -2.35. The van der Waals surface area contributed by atoms with E-state index in [1.807, 2.05) is 24.3 Å². The third kappa shape index (κ3) is 4.87. The van der Waals surface area contributed by atoms with Gasteiger partial charge in [0.1, 0.15) is 0 Å². The summed E-state index contributed by atoms with van der Waals surface area (Å²) in [6, 6.07) is 7.47. The Labute approximate surface area is 187 Å². The summed E-state index contributed by atoms with van der Waals surface area (Å²) in [6.45, 7) is 2.72. The highest BCUT2D eigenvalue weighted by Crippen LogP contribution is 2.24. The predicted octanol–water partition coefficient (Wildman–Crippen LogP) is 1.49. The van der Waals surface area contributed by atoms with Crippen molar-refractivity contribution in [1.29, 1.82) is 0 Å². The molecule has 1 N–H and O–H groups in total. The van der Waals surface area contributed by atoms with E-state index >= 15 is 0 Å². The van der Waals surface area contributed by atoms with Crippen LogP contribution in [0.2, 0.25) is 5.02 Å². The van der Waals surface area contributed by atoms with Crippen LogP contribution in [0.3, 0.4) is 0 Å². The van der Waals surface area contributed by atoms with Crippen molar-refractivity contribution in [3.8, 4) is 0 Å². The van der Waals surface area contributed by atoms with Crippen molar-refractivity contribution in [2.24, 2.45) is 7.05 Å². The molecule has 4 rings (SSSR count). The molecular formula is C20H26ClN5O4S. The third-order valence-electron chi connectivity index (χ3n) is 5.57. The largest absolute Gasteiger partial charge is 0.376 e. The van der Waals surface area contributed by atoms with Crippen molar-refractivity contribution in [3.05, 3.63) is 41.0 Å². The zero-order valence-electron chi connectivity index (χ0n) is 17.3. The van der Waals surface area contributed by atoms with Gasteiger partial charge in [0.15, 0.2) is 0 Å². The molecule has 0 aliphatic carbocycles. The molecule has 0 spiro atoms. The van der Waals surface area contributed by atoms with Crippen LogP contribution in [0.1, 0.15) is 23.2 Å². The Morgan fingerprint density at radius 3 is 2.58 bits per heavy atom. The van der Waals surface area contributed by atoms with Crippen molar-refractivity contribution in [3.63, 3.8) is 0 Å². The lowest BCUT2D eigenvalue weighted by Crippen LogP contribution is -2.49. The fraction of sp³-hybridized carbons (Fsp3) is 0.500. The summed E-state index contributed by atoms with van der Waals surface area (Å²) in [5.74, 6) is -0.457. The highest BCUT2D eigenvalue weighted by atomic mass is 35.5. The number of benzene rings is 1. The van der Waals surface area contributed by atoms with Crippen LogP contribution in [0.25, 0.3) is 0 Å². The smallest absolute Gasteiger partial charge is 0.263 e. The Balaban J connectivity index is 1.45. The van der Waals surface area contributed by atoms with Gasteiger partial charge in [-0.15, -0.1) is 0 Å². The van der Waals surface area contributed by atoms with E-state index in [1.54, 1.807) is 7.05 Å². The van der Waals surface area contributed by atoms with E-state index in [9.17, 15) is 13.2 Å². The van der Waals surface area contributed by atoms with Gasteiger partial charge in [-0.3, -0.25) is 9.48 Å². The maximum atomic E-state index is 13.3. The summed E-state index contributed by atoms with van der Waals surface area (Å²) >= 11 is 5.95. The first-order valence-electron chi connectivity index (χ1n) is 10.3. The molecule has 2 aromatic rings. The minimum atomic E-state index is -3.91. The average Bonchev–Trinajstić information content (AvgIpc) is 3.42. The number of amides is 1. The maximum absolute atomic E-state index is 13.3. The minimum Gasteiger partial charge on any atom is -0.376 e. The molecule has 2 aliphatic rings.